The molecule has 0 aromatic carbocycles. The van der Waals surface area contributed by atoms with Gasteiger partial charge in [-0.1, -0.05) is 0 Å². The zero-order valence-corrected chi connectivity index (χ0v) is 15.1. The standard InChI is InChI=1S/C17H19F3N4O2S/c18-17(19,20)13-2-3-14(24-10-13)21-6-1-7-22-15(25)4-8-23-16(26)12-5-9-27-11-12/h2-3,5,9-11H,1,4,6-8H2,(H,21,24)(H,22,25)(H,23,26). The summed E-state index contributed by atoms with van der Waals surface area (Å²) in [4.78, 5) is 27.1. The van der Waals surface area contributed by atoms with Crippen LogP contribution in [0, 0.1) is 0 Å². The van der Waals surface area contributed by atoms with E-state index in [-0.39, 0.29) is 24.8 Å². The van der Waals surface area contributed by atoms with Crippen molar-refractivity contribution < 1.29 is 22.8 Å². The van der Waals surface area contributed by atoms with E-state index in [1.165, 1.54) is 17.4 Å². The lowest BCUT2D eigenvalue weighted by atomic mass is 10.3. The van der Waals surface area contributed by atoms with Crippen LogP contribution in [0.1, 0.15) is 28.8 Å². The molecule has 6 nitrogen and oxygen atoms in total. The third-order valence-corrected chi connectivity index (χ3v) is 4.18. The number of anilines is 1. The second kappa shape index (κ2) is 9.91. The van der Waals surface area contributed by atoms with Crippen LogP contribution < -0.4 is 16.0 Å². The van der Waals surface area contributed by atoms with E-state index in [0.29, 0.717) is 30.9 Å². The molecule has 2 amide bonds. The van der Waals surface area contributed by atoms with Gasteiger partial charge in [0, 0.05) is 43.2 Å². The van der Waals surface area contributed by atoms with Crippen LogP contribution in [0.15, 0.2) is 35.2 Å². The molecule has 0 bridgehead atoms. The minimum Gasteiger partial charge on any atom is -0.370 e. The fourth-order valence-electron chi connectivity index (χ4n) is 2.07. The highest BCUT2D eigenvalue weighted by molar-refractivity contribution is 7.08. The van der Waals surface area contributed by atoms with Gasteiger partial charge in [0.15, 0.2) is 0 Å². The van der Waals surface area contributed by atoms with Crippen LogP contribution in [0.2, 0.25) is 0 Å². The molecule has 10 heteroatoms. The number of hydrogen-bond donors (Lipinski definition) is 3. The summed E-state index contributed by atoms with van der Waals surface area (Å²) in [6.07, 6.45) is -2.88. The van der Waals surface area contributed by atoms with Gasteiger partial charge < -0.3 is 16.0 Å². The van der Waals surface area contributed by atoms with Crippen LogP contribution in [0.4, 0.5) is 19.0 Å². The van der Waals surface area contributed by atoms with Crippen LogP contribution in [0.25, 0.3) is 0 Å². The number of nitrogens with zero attached hydrogens (tertiary/aromatic N) is 1. The van der Waals surface area contributed by atoms with Crippen LogP contribution in [-0.2, 0) is 11.0 Å². The summed E-state index contributed by atoms with van der Waals surface area (Å²) >= 11 is 1.42. The van der Waals surface area contributed by atoms with Crippen molar-refractivity contribution in [1.82, 2.24) is 15.6 Å². The molecule has 0 radical (unpaired) electrons. The SMILES string of the molecule is O=C(CCNC(=O)c1ccsc1)NCCCNc1ccc(C(F)(F)F)cn1. The number of thiophene rings is 1. The number of amides is 2. The molecule has 0 aliphatic rings. The van der Waals surface area contributed by atoms with E-state index < -0.39 is 11.7 Å². The Morgan fingerprint density at radius 1 is 1.07 bits per heavy atom. The molecule has 0 atom stereocenters. The highest BCUT2D eigenvalue weighted by Crippen LogP contribution is 2.28. The molecule has 27 heavy (non-hydrogen) atoms. The lowest BCUT2D eigenvalue weighted by molar-refractivity contribution is -0.137. The van der Waals surface area contributed by atoms with E-state index in [1.54, 1.807) is 16.8 Å². The average molecular weight is 400 g/mol. The summed E-state index contributed by atoms with van der Waals surface area (Å²) in [7, 11) is 0. The largest absolute Gasteiger partial charge is 0.417 e. The van der Waals surface area contributed by atoms with Crippen molar-refractivity contribution in [2.45, 2.75) is 19.0 Å². The zero-order chi connectivity index (χ0) is 19.7. The Hall–Kier alpha value is -2.62. The predicted molar refractivity (Wildman–Crippen MR) is 96.6 cm³/mol. The van der Waals surface area contributed by atoms with Gasteiger partial charge >= 0.3 is 6.18 Å². The molecule has 0 unspecified atom stereocenters. The Balaban J connectivity index is 1.54. The highest BCUT2D eigenvalue weighted by atomic mass is 32.1. The second-order valence-electron chi connectivity index (χ2n) is 5.58. The normalized spacial score (nSPS) is 11.1. The van der Waals surface area contributed by atoms with Crippen molar-refractivity contribution in [3.05, 3.63) is 46.3 Å². The first kappa shape index (κ1) is 20.7. The predicted octanol–water partition coefficient (Wildman–Crippen LogP) is 2.90. The number of hydrogen-bond acceptors (Lipinski definition) is 5. The Labute approximate surface area is 158 Å². The maximum atomic E-state index is 12.4. The van der Waals surface area contributed by atoms with E-state index in [2.05, 4.69) is 20.9 Å². The molecule has 2 rings (SSSR count). The molecule has 0 spiro atoms. The summed E-state index contributed by atoms with van der Waals surface area (Å²) in [5.74, 6) is -0.0592. The van der Waals surface area contributed by atoms with Crippen LogP contribution in [0.5, 0.6) is 0 Å². The third kappa shape index (κ3) is 7.26. The van der Waals surface area contributed by atoms with Crippen molar-refractivity contribution in [3.8, 4) is 0 Å². The van der Waals surface area contributed by atoms with Gasteiger partial charge in [-0.15, -0.1) is 0 Å². The first-order valence-corrected chi connectivity index (χ1v) is 9.15. The third-order valence-electron chi connectivity index (χ3n) is 3.49. The molecule has 2 aromatic heterocycles. The topological polar surface area (TPSA) is 83.1 Å². The smallest absolute Gasteiger partial charge is 0.370 e. The van der Waals surface area contributed by atoms with Crippen LogP contribution >= 0.6 is 11.3 Å². The molecule has 2 heterocycles. The summed E-state index contributed by atoms with van der Waals surface area (Å²) in [5.41, 5.74) is -0.227. The molecule has 0 saturated heterocycles. The first-order chi connectivity index (χ1) is 12.9. The monoisotopic (exact) mass is 400 g/mol. The average Bonchev–Trinajstić information content (AvgIpc) is 3.16. The van der Waals surface area contributed by atoms with E-state index >= 15 is 0 Å². The van der Waals surface area contributed by atoms with Gasteiger partial charge in [0.2, 0.25) is 5.91 Å². The van der Waals surface area contributed by atoms with Gasteiger partial charge in [0.1, 0.15) is 5.82 Å². The van der Waals surface area contributed by atoms with Crippen molar-refractivity contribution in [3.63, 3.8) is 0 Å². The molecule has 0 aliphatic heterocycles. The molecular formula is C17H19F3N4O2S. The second-order valence-corrected chi connectivity index (χ2v) is 6.36. The Morgan fingerprint density at radius 2 is 1.89 bits per heavy atom. The van der Waals surface area contributed by atoms with Crippen molar-refractivity contribution in [1.29, 1.82) is 0 Å². The fraction of sp³-hybridized carbons (Fsp3) is 0.353. The number of nitrogens with one attached hydrogen (secondary N) is 3. The van der Waals surface area contributed by atoms with Crippen molar-refractivity contribution >= 4 is 29.0 Å². The lowest BCUT2D eigenvalue weighted by Gasteiger charge is -2.09. The van der Waals surface area contributed by atoms with E-state index in [4.69, 9.17) is 0 Å². The van der Waals surface area contributed by atoms with Crippen LogP contribution in [0.3, 0.4) is 0 Å². The Bertz CT molecular complexity index is 734. The number of aromatic nitrogens is 1. The van der Waals surface area contributed by atoms with E-state index in [0.717, 1.165) is 12.3 Å². The molecule has 3 N–H and O–H groups in total. The Kier molecular flexibility index (Phi) is 7.59. The van der Waals surface area contributed by atoms with Crippen molar-refractivity contribution in [2.24, 2.45) is 0 Å². The number of carbonyl (C=O) groups excluding carboxylic acids is 2. The molecule has 146 valence electrons. The number of alkyl halides is 3. The number of carbonyl (C=O) groups is 2. The van der Waals surface area contributed by atoms with Crippen LogP contribution in [-0.4, -0.2) is 36.4 Å². The first-order valence-electron chi connectivity index (χ1n) is 8.20. The van der Waals surface area contributed by atoms with Gasteiger partial charge in [-0.3, -0.25) is 9.59 Å². The van der Waals surface area contributed by atoms with Gasteiger partial charge in [0.25, 0.3) is 5.91 Å². The van der Waals surface area contributed by atoms with Crippen molar-refractivity contribution in [2.75, 3.05) is 25.0 Å². The minimum atomic E-state index is -4.40. The summed E-state index contributed by atoms with van der Waals surface area (Å²) in [6, 6.07) is 3.93. The number of halogens is 3. The number of rotatable bonds is 9. The van der Waals surface area contributed by atoms with Gasteiger partial charge in [0.05, 0.1) is 5.56 Å². The highest BCUT2D eigenvalue weighted by Gasteiger charge is 2.30. The molecule has 2 aromatic rings. The van der Waals surface area contributed by atoms with E-state index in [9.17, 15) is 22.8 Å². The number of pyridine rings is 1. The maximum absolute atomic E-state index is 12.4. The maximum Gasteiger partial charge on any atom is 0.417 e. The molecule has 0 fully saturated rings. The summed E-state index contributed by atoms with van der Waals surface area (Å²) < 4.78 is 37.3. The molecular weight excluding hydrogens is 381 g/mol. The Morgan fingerprint density at radius 3 is 2.52 bits per heavy atom. The zero-order valence-electron chi connectivity index (χ0n) is 14.3. The van der Waals surface area contributed by atoms with Gasteiger partial charge in [-0.05, 0) is 30.0 Å². The lowest BCUT2D eigenvalue weighted by Crippen LogP contribution is -2.31. The molecule has 0 aliphatic carbocycles. The quantitative estimate of drug-likeness (QED) is 0.565. The van der Waals surface area contributed by atoms with Gasteiger partial charge in [-0.25, -0.2) is 4.98 Å². The van der Waals surface area contributed by atoms with Gasteiger partial charge in [-0.2, -0.15) is 24.5 Å². The van der Waals surface area contributed by atoms with E-state index in [1.807, 2.05) is 0 Å². The summed E-state index contributed by atoms with van der Waals surface area (Å²) in [6.45, 7) is 1.10. The minimum absolute atomic E-state index is 0.170. The summed E-state index contributed by atoms with van der Waals surface area (Å²) in [5, 5.41) is 11.8. The molecule has 0 saturated carbocycles. The fourth-order valence-corrected chi connectivity index (χ4v) is 2.71.